The molecule has 0 aliphatic carbocycles. The zero-order valence-corrected chi connectivity index (χ0v) is 10.7. The van der Waals surface area contributed by atoms with E-state index in [1.165, 1.54) is 6.33 Å². The lowest BCUT2D eigenvalue weighted by molar-refractivity contribution is 0.414. The van der Waals surface area contributed by atoms with E-state index in [2.05, 4.69) is 9.97 Å². The van der Waals surface area contributed by atoms with Gasteiger partial charge in [0.15, 0.2) is 11.6 Å². The molecule has 5 heteroatoms. The standard InChI is InChI=1S/C13H16N4O/c1-9-6-4-5-7-10(9)17(2)13-11(18-3)12(14)15-8-16-13/h4-8H,1-3H3,(H2,14,15,16). The third-order valence-electron chi connectivity index (χ3n) is 2.81. The van der Waals surface area contributed by atoms with Crippen LogP contribution in [0.25, 0.3) is 0 Å². The highest BCUT2D eigenvalue weighted by Crippen LogP contribution is 2.34. The molecule has 5 nitrogen and oxygen atoms in total. The molecule has 2 aromatic rings. The average molecular weight is 244 g/mol. The van der Waals surface area contributed by atoms with Gasteiger partial charge in [0.1, 0.15) is 6.33 Å². The second-order valence-electron chi connectivity index (χ2n) is 3.96. The molecule has 1 aromatic heterocycles. The van der Waals surface area contributed by atoms with Crippen molar-refractivity contribution in [3.8, 4) is 5.75 Å². The van der Waals surface area contributed by atoms with Gasteiger partial charge in [-0.1, -0.05) is 18.2 Å². The van der Waals surface area contributed by atoms with Crippen LogP contribution in [-0.4, -0.2) is 24.1 Å². The fourth-order valence-electron chi connectivity index (χ4n) is 1.87. The van der Waals surface area contributed by atoms with E-state index in [0.29, 0.717) is 17.4 Å². The minimum atomic E-state index is 0.336. The Kier molecular flexibility index (Phi) is 3.32. The predicted octanol–water partition coefficient (Wildman–Crippen LogP) is 2.14. The van der Waals surface area contributed by atoms with Crippen molar-refractivity contribution < 1.29 is 4.74 Å². The van der Waals surface area contributed by atoms with Gasteiger partial charge in [-0.2, -0.15) is 0 Å². The van der Waals surface area contributed by atoms with Crippen LogP contribution in [0.4, 0.5) is 17.3 Å². The van der Waals surface area contributed by atoms with Crippen molar-refractivity contribution in [1.82, 2.24) is 9.97 Å². The molecule has 0 spiro atoms. The summed E-state index contributed by atoms with van der Waals surface area (Å²) in [7, 11) is 3.48. The van der Waals surface area contributed by atoms with Gasteiger partial charge < -0.3 is 15.4 Å². The second-order valence-corrected chi connectivity index (χ2v) is 3.96. The van der Waals surface area contributed by atoms with Gasteiger partial charge in [0.2, 0.25) is 5.75 Å². The van der Waals surface area contributed by atoms with Crippen molar-refractivity contribution >= 4 is 17.3 Å². The number of rotatable bonds is 3. The molecule has 0 aliphatic heterocycles. The number of methoxy groups -OCH3 is 1. The van der Waals surface area contributed by atoms with E-state index in [4.69, 9.17) is 10.5 Å². The Morgan fingerprint density at radius 1 is 1.22 bits per heavy atom. The molecule has 0 amide bonds. The van der Waals surface area contributed by atoms with E-state index in [1.54, 1.807) is 7.11 Å². The summed E-state index contributed by atoms with van der Waals surface area (Å²) in [6.45, 7) is 2.04. The Balaban J connectivity index is 2.50. The molecular weight excluding hydrogens is 228 g/mol. The Hall–Kier alpha value is -2.30. The quantitative estimate of drug-likeness (QED) is 0.896. The molecule has 0 aliphatic rings. The van der Waals surface area contributed by atoms with Crippen LogP contribution in [0.1, 0.15) is 5.56 Å². The maximum Gasteiger partial charge on any atom is 0.204 e. The van der Waals surface area contributed by atoms with Gasteiger partial charge >= 0.3 is 0 Å². The van der Waals surface area contributed by atoms with Crippen LogP contribution in [0.2, 0.25) is 0 Å². The third kappa shape index (κ3) is 2.07. The highest BCUT2D eigenvalue weighted by atomic mass is 16.5. The molecule has 2 rings (SSSR count). The number of nitrogens with zero attached hydrogens (tertiary/aromatic N) is 3. The number of hydrogen-bond acceptors (Lipinski definition) is 5. The lowest BCUT2D eigenvalue weighted by Gasteiger charge is -2.22. The molecule has 0 saturated heterocycles. The first-order valence-corrected chi connectivity index (χ1v) is 5.59. The molecule has 18 heavy (non-hydrogen) atoms. The smallest absolute Gasteiger partial charge is 0.204 e. The SMILES string of the molecule is COc1c(N)ncnc1N(C)c1ccccc1C. The molecule has 0 atom stereocenters. The molecule has 1 aromatic carbocycles. The fraction of sp³-hybridized carbons (Fsp3) is 0.231. The Morgan fingerprint density at radius 3 is 2.61 bits per heavy atom. The summed E-state index contributed by atoms with van der Waals surface area (Å²) in [4.78, 5) is 10.1. The van der Waals surface area contributed by atoms with Crippen LogP contribution in [0.3, 0.4) is 0 Å². The fourth-order valence-corrected chi connectivity index (χ4v) is 1.87. The average Bonchev–Trinajstić information content (AvgIpc) is 2.38. The maximum atomic E-state index is 5.78. The number of nitrogens with two attached hydrogens (primary N) is 1. The number of anilines is 3. The van der Waals surface area contributed by atoms with Crippen molar-refractivity contribution in [3.05, 3.63) is 36.2 Å². The van der Waals surface area contributed by atoms with Crippen molar-refractivity contribution in [2.45, 2.75) is 6.92 Å². The molecular formula is C13H16N4O. The summed E-state index contributed by atoms with van der Waals surface area (Å²) >= 11 is 0. The maximum absolute atomic E-state index is 5.78. The van der Waals surface area contributed by atoms with Crippen molar-refractivity contribution in [2.24, 2.45) is 0 Å². The van der Waals surface area contributed by atoms with Gasteiger partial charge in [-0.25, -0.2) is 9.97 Å². The second kappa shape index (κ2) is 4.91. The van der Waals surface area contributed by atoms with Gasteiger partial charge in [-0.05, 0) is 18.6 Å². The molecule has 0 unspecified atom stereocenters. The number of para-hydroxylation sites is 1. The number of aromatic nitrogens is 2. The lowest BCUT2D eigenvalue weighted by atomic mass is 10.2. The Labute approximate surface area is 106 Å². The number of hydrogen-bond donors (Lipinski definition) is 1. The largest absolute Gasteiger partial charge is 0.490 e. The summed E-state index contributed by atoms with van der Waals surface area (Å²) in [6.07, 6.45) is 1.43. The number of aryl methyl sites for hydroxylation is 1. The van der Waals surface area contributed by atoms with Crippen molar-refractivity contribution in [1.29, 1.82) is 0 Å². The summed E-state index contributed by atoms with van der Waals surface area (Å²) in [6, 6.07) is 8.05. The van der Waals surface area contributed by atoms with Crippen molar-refractivity contribution in [3.63, 3.8) is 0 Å². The highest BCUT2D eigenvalue weighted by Gasteiger charge is 2.16. The van der Waals surface area contributed by atoms with E-state index in [1.807, 2.05) is 43.1 Å². The first-order valence-electron chi connectivity index (χ1n) is 5.59. The van der Waals surface area contributed by atoms with E-state index in [0.717, 1.165) is 11.3 Å². The molecule has 0 fully saturated rings. The summed E-state index contributed by atoms with van der Waals surface area (Å²) in [5.74, 6) is 1.48. The van der Waals surface area contributed by atoms with Gasteiger partial charge in [0.05, 0.1) is 7.11 Å². The minimum Gasteiger partial charge on any atom is -0.490 e. The molecule has 0 bridgehead atoms. The lowest BCUT2D eigenvalue weighted by Crippen LogP contribution is -2.15. The first-order chi connectivity index (χ1) is 8.65. The molecule has 0 radical (unpaired) electrons. The van der Waals surface area contributed by atoms with Gasteiger partial charge in [-0.3, -0.25) is 0 Å². The Bertz CT molecular complexity index is 556. The molecule has 0 saturated carbocycles. The molecule has 2 N–H and O–H groups in total. The summed E-state index contributed by atoms with van der Waals surface area (Å²) in [5, 5.41) is 0. The predicted molar refractivity (Wildman–Crippen MR) is 72.2 cm³/mol. The molecule has 1 heterocycles. The minimum absolute atomic E-state index is 0.336. The van der Waals surface area contributed by atoms with E-state index >= 15 is 0 Å². The van der Waals surface area contributed by atoms with Crippen LogP contribution in [0, 0.1) is 6.92 Å². The van der Waals surface area contributed by atoms with Gasteiger partial charge in [0, 0.05) is 12.7 Å². The topological polar surface area (TPSA) is 64.3 Å². The van der Waals surface area contributed by atoms with Crippen LogP contribution >= 0.6 is 0 Å². The first kappa shape index (κ1) is 12.2. The van der Waals surface area contributed by atoms with Crippen LogP contribution < -0.4 is 15.4 Å². The van der Waals surface area contributed by atoms with E-state index in [9.17, 15) is 0 Å². The Morgan fingerprint density at radius 2 is 1.94 bits per heavy atom. The monoisotopic (exact) mass is 244 g/mol. The summed E-state index contributed by atoms with van der Waals surface area (Å²) in [5.41, 5.74) is 7.99. The zero-order valence-electron chi connectivity index (χ0n) is 10.7. The van der Waals surface area contributed by atoms with Crippen LogP contribution in [0.5, 0.6) is 5.75 Å². The van der Waals surface area contributed by atoms with Crippen LogP contribution in [0.15, 0.2) is 30.6 Å². The number of ether oxygens (including phenoxy) is 1. The zero-order chi connectivity index (χ0) is 13.1. The third-order valence-corrected chi connectivity index (χ3v) is 2.81. The number of nitrogen functional groups attached to an aromatic ring is 1. The van der Waals surface area contributed by atoms with E-state index < -0.39 is 0 Å². The molecule has 94 valence electrons. The van der Waals surface area contributed by atoms with Gasteiger partial charge in [-0.15, -0.1) is 0 Å². The van der Waals surface area contributed by atoms with Crippen LogP contribution in [-0.2, 0) is 0 Å². The normalized spacial score (nSPS) is 10.2. The van der Waals surface area contributed by atoms with Crippen molar-refractivity contribution in [2.75, 3.05) is 24.8 Å². The summed E-state index contributed by atoms with van der Waals surface area (Å²) < 4.78 is 5.27. The van der Waals surface area contributed by atoms with E-state index in [-0.39, 0.29) is 0 Å². The van der Waals surface area contributed by atoms with Gasteiger partial charge in [0.25, 0.3) is 0 Å². The number of benzene rings is 1. The highest BCUT2D eigenvalue weighted by molar-refractivity contribution is 5.71.